The van der Waals surface area contributed by atoms with E-state index in [0.29, 0.717) is 18.6 Å². The van der Waals surface area contributed by atoms with Gasteiger partial charge in [0.25, 0.3) is 0 Å². The van der Waals surface area contributed by atoms with Gasteiger partial charge in [-0.3, -0.25) is 0 Å². The lowest BCUT2D eigenvalue weighted by atomic mass is 10.0. The van der Waals surface area contributed by atoms with Crippen molar-refractivity contribution in [3.05, 3.63) is 29.3 Å². The summed E-state index contributed by atoms with van der Waals surface area (Å²) < 4.78 is 32.9. The Morgan fingerprint density at radius 3 is 2.30 bits per heavy atom. The van der Waals surface area contributed by atoms with E-state index in [9.17, 15) is 8.78 Å². The molecule has 4 heteroatoms. The highest BCUT2D eigenvalue weighted by atomic mass is 19.1. The molecule has 0 radical (unpaired) electrons. The van der Waals surface area contributed by atoms with Gasteiger partial charge in [-0.15, -0.1) is 0 Å². The number of ether oxygens (including phenoxy) is 1. The van der Waals surface area contributed by atoms with Crippen molar-refractivity contribution in [2.24, 2.45) is 5.73 Å². The van der Waals surface area contributed by atoms with Crippen molar-refractivity contribution in [3.8, 4) is 5.75 Å². The zero-order valence-electron chi connectivity index (χ0n) is 12.4. The topological polar surface area (TPSA) is 35.2 Å². The molecule has 1 aromatic rings. The molecule has 0 saturated carbocycles. The van der Waals surface area contributed by atoms with Crippen LogP contribution in [0.3, 0.4) is 0 Å². The molecule has 20 heavy (non-hydrogen) atoms. The third kappa shape index (κ3) is 5.45. The summed E-state index contributed by atoms with van der Waals surface area (Å²) in [4.78, 5) is 0. The summed E-state index contributed by atoms with van der Waals surface area (Å²) in [6.07, 6.45) is 5.32. The van der Waals surface area contributed by atoms with Crippen LogP contribution in [0.25, 0.3) is 0 Å². The molecule has 0 aliphatic heterocycles. The van der Waals surface area contributed by atoms with Crippen LogP contribution in [0.2, 0.25) is 0 Å². The maximum Gasteiger partial charge on any atom is 0.190 e. The second-order valence-electron chi connectivity index (χ2n) is 5.17. The first-order valence-electron chi connectivity index (χ1n) is 7.44. The van der Waals surface area contributed by atoms with Gasteiger partial charge < -0.3 is 10.5 Å². The molecule has 1 atom stereocenters. The van der Waals surface area contributed by atoms with Crippen LogP contribution in [0, 0.1) is 11.6 Å². The fourth-order valence-corrected chi connectivity index (χ4v) is 2.02. The molecular formula is C16H25F2NO. The Balaban J connectivity index is 2.59. The molecule has 1 rings (SSSR count). The Labute approximate surface area is 120 Å². The normalized spacial score (nSPS) is 12.4. The van der Waals surface area contributed by atoms with E-state index < -0.39 is 11.6 Å². The highest BCUT2D eigenvalue weighted by Crippen LogP contribution is 2.24. The van der Waals surface area contributed by atoms with Crippen molar-refractivity contribution in [3.63, 3.8) is 0 Å². The van der Waals surface area contributed by atoms with Crippen LogP contribution in [0.5, 0.6) is 5.75 Å². The largest absolute Gasteiger partial charge is 0.488 e. The molecule has 0 saturated heterocycles. The first-order chi connectivity index (χ1) is 9.58. The quantitative estimate of drug-likeness (QED) is 0.690. The van der Waals surface area contributed by atoms with Crippen molar-refractivity contribution in [1.29, 1.82) is 0 Å². The lowest BCUT2D eigenvalue weighted by Crippen LogP contribution is -2.21. The molecule has 1 aromatic carbocycles. The standard InChI is InChI=1S/C16H25F2NO/c1-3-5-6-7-8-20-16-14(17)10-12(11-15(16)18)9-13(19)4-2/h10-11,13H,3-9,19H2,1-2H3. The predicted molar refractivity (Wildman–Crippen MR) is 78.0 cm³/mol. The average Bonchev–Trinajstić information content (AvgIpc) is 2.41. The molecule has 0 heterocycles. The van der Waals surface area contributed by atoms with Gasteiger partial charge in [0.05, 0.1) is 6.61 Å². The molecule has 114 valence electrons. The monoisotopic (exact) mass is 285 g/mol. The van der Waals surface area contributed by atoms with Gasteiger partial charge in [0.2, 0.25) is 0 Å². The predicted octanol–water partition coefficient (Wildman–Crippen LogP) is 4.20. The van der Waals surface area contributed by atoms with Crippen LogP contribution in [0.1, 0.15) is 51.5 Å². The second kappa shape index (κ2) is 8.90. The van der Waals surface area contributed by atoms with E-state index in [1.54, 1.807) is 0 Å². The first-order valence-corrected chi connectivity index (χ1v) is 7.44. The summed E-state index contributed by atoms with van der Waals surface area (Å²) in [6.45, 7) is 4.41. The van der Waals surface area contributed by atoms with E-state index >= 15 is 0 Å². The molecule has 0 aliphatic rings. The minimum Gasteiger partial charge on any atom is -0.488 e. The van der Waals surface area contributed by atoms with E-state index in [1.807, 2.05) is 6.92 Å². The van der Waals surface area contributed by atoms with Crippen molar-refractivity contribution >= 4 is 0 Å². The van der Waals surface area contributed by atoms with Crippen molar-refractivity contribution in [1.82, 2.24) is 0 Å². The summed E-state index contributed by atoms with van der Waals surface area (Å²) >= 11 is 0. The summed E-state index contributed by atoms with van der Waals surface area (Å²) in [6, 6.07) is 2.56. The minimum absolute atomic E-state index is 0.0744. The fraction of sp³-hybridized carbons (Fsp3) is 0.625. The Morgan fingerprint density at radius 2 is 1.75 bits per heavy atom. The Bertz CT molecular complexity index is 386. The Kier molecular flexibility index (Phi) is 7.52. The van der Waals surface area contributed by atoms with Crippen LogP contribution >= 0.6 is 0 Å². The van der Waals surface area contributed by atoms with Gasteiger partial charge in [0.1, 0.15) is 0 Å². The number of benzene rings is 1. The number of hydrogen-bond acceptors (Lipinski definition) is 2. The van der Waals surface area contributed by atoms with E-state index in [4.69, 9.17) is 10.5 Å². The minimum atomic E-state index is -0.640. The summed E-state index contributed by atoms with van der Waals surface area (Å²) in [5.74, 6) is -1.55. The lowest BCUT2D eigenvalue weighted by Gasteiger charge is -2.12. The van der Waals surface area contributed by atoms with Crippen molar-refractivity contribution in [2.45, 2.75) is 58.4 Å². The molecule has 1 unspecified atom stereocenters. The number of hydrogen-bond donors (Lipinski definition) is 1. The van der Waals surface area contributed by atoms with Gasteiger partial charge >= 0.3 is 0 Å². The summed E-state index contributed by atoms with van der Waals surface area (Å²) in [7, 11) is 0. The van der Waals surface area contributed by atoms with E-state index in [2.05, 4.69) is 6.92 Å². The molecule has 0 aromatic heterocycles. The van der Waals surface area contributed by atoms with Gasteiger partial charge in [-0.25, -0.2) is 8.78 Å². The SMILES string of the molecule is CCCCCCOc1c(F)cc(CC(N)CC)cc1F. The molecule has 0 fully saturated rings. The van der Waals surface area contributed by atoms with Crippen molar-refractivity contribution < 1.29 is 13.5 Å². The zero-order valence-corrected chi connectivity index (χ0v) is 12.4. The number of nitrogens with two attached hydrogens (primary N) is 1. The van der Waals surface area contributed by atoms with Gasteiger partial charge in [0.15, 0.2) is 17.4 Å². The van der Waals surface area contributed by atoms with Gasteiger partial charge in [-0.1, -0.05) is 33.1 Å². The van der Waals surface area contributed by atoms with Crippen LogP contribution in [-0.2, 0) is 6.42 Å². The van der Waals surface area contributed by atoms with Crippen molar-refractivity contribution in [2.75, 3.05) is 6.61 Å². The van der Waals surface area contributed by atoms with Crippen LogP contribution in [0.4, 0.5) is 8.78 Å². The fourth-order valence-electron chi connectivity index (χ4n) is 2.02. The number of unbranched alkanes of at least 4 members (excludes halogenated alkanes) is 3. The molecule has 0 aliphatic carbocycles. The molecule has 0 spiro atoms. The van der Waals surface area contributed by atoms with Crippen LogP contribution < -0.4 is 10.5 Å². The third-order valence-corrected chi connectivity index (χ3v) is 3.32. The van der Waals surface area contributed by atoms with Gasteiger partial charge in [0, 0.05) is 6.04 Å². The smallest absolute Gasteiger partial charge is 0.190 e. The second-order valence-corrected chi connectivity index (χ2v) is 5.17. The van der Waals surface area contributed by atoms with E-state index in [-0.39, 0.29) is 11.8 Å². The van der Waals surface area contributed by atoms with Gasteiger partial charge in [-0.2, -0.15) is 0 Å². The molecule has 2 nitrogen and oxygen atoms in total. The maximum atomic E-state index is 13.8. The molecule has 2 N–H and O–H groups in total. The Morgan fingerprint density at radius 1 is 1.10 bits per heavy atom. The number of halogens is 2. The highest BCUT2D eigenvalue weighted by molar-refractivity contribution is 5.31. The van der Waals surface area contributed by atoms with E-state index in [0.717, 1.165) is 32.1 Å². The van der Waals surface area contributed by atoms with E-state index in [1.165, 1.54) is 12.1 Å². The van der Waals surface area contributed by atoms with Gasteiger partial charge in [-0.05, 0) is 37.0 Å². The number of rotatable bonds is 9. The lowest BCUT2D eigenvalue weighted by molar-refractivity contribution is 0.275. The highest BCUT2D eigenvalue weighted by Gasteiger charge is 2.13. The average molecular weight is 285 g/mol. The zero-order chi connectivity index (χ0) is 15.0. The first kappa shape index (κ1) is 16.9. The Hall–Kier alpha value is -1.16. The summed E-state index contributed by atoms with van der Waals surface area (Å²) in [5.41, 5.74) is 6.37. The molecule has 0 amide bonds. The molecule has 0 bridgehead atoms. The summed E-state index contributed by atoms with van der Waals surface area (Å²) in [5, 5.41) is 0. The molecular weight excluding hydrogens is 260 g/mol. The van der Waals surface area contributed by atoms with Crippen LogP contribution in [0.15, 0.2) is 12.1 Å². The third-order valence-electron chi connectivity index (χ3n) is 3.32. The maximum absolute atomic E-state index is 13.8. The van der Waals surface area contributed by atoms with Crippen LogP contribution in [-0.4, -0.2) is 12.6 Å².